The van der Waals surface area contributed by atoms with Gasteiger partial charge in [-0.25, -0.2) is 4.57 Å². The van der Waals surface area contributed by atoms with Crippen molar-refractivity contribution in [2.24, 2.45) is 4.76 Å². The van der Waals surface area contributed by atoms with Crippen molar-refractivity contribution in [3.8, 4) is 0 Å². The van der Waals surface area contributed by atoms with Crippen molar-refractivity contribution < 1.29 is 13.6 Å². The summed E-state index contributed by atoms with van der Waals surface area (Å²) < 4.78 is 28.3. The molecule has 1 aliphatic heterocycles. The van der Waals surface area contributed by atoms with E-state index < -0.39 is 7.75 Å². The van der Waals surface area contributed by atoms with E-state index in [0.29, 0.717) is 6.61 Å². The Kier molecular flexibility index (Phi) is 16.4. The maximum atomic E-state index is 13.0. The van der Waals surface area contributed by atoms with E-state index in [2.05, 4.69) is 28.4 Å². The quantitative estimate of drug-likeness (QED) is 0.142. The Balaban J connectivity index is 2.33. The Hall–Kier alpha value is -0.580. The third kappa shape index (κ3) is 12.9. The van der Waals surface area contributed by atoms with Crippen LogP contribution in [0.3, 0.4) is 0 Å². The van der Waals surface area contributed by atoms with Gasteiger partial charge in [0.05, 0.1) is 6.61 Å². The van der Waals surface area contributed by atoms with Gasteiger partial charge in [-0.2, -0.15) is 0 Å². The second-order valence-electron chi connectivity index (χ2n) is 8.89. The second-order valence-corrected chi connectivity index (χ2v) is 10.6. The fourth-order valence-corrected chi connectivity index (χ4v) is 5.07. The molecule has 1 fully saturated rings. The lowest BCUT2D eigenvalue weighted by atomic mass is 10.1. The van der Waals surface area contributed by atoms with Crippen LogP contribution in [0.5, 0.6) is 0 Å². The minimum Gasteiger partial charge on any atom is -0.344 e. The van der Waals surface area contributed by atoms with Crippen molar-refractivity contribution in [3.05, 3.63) is 0 Å². The molecule has 184 valence electrons. The van der Waals surface area contributed by atoms with Crippen LogP contribution in [0.2, 0.25) is 0 Å². The molecule has 0 N–H and O–H groups in total. The molecule has 0 aromatic heterocycles. The van der Waals surface area contributed by atoms with Crippen LogP contribution in [-0.2, 0) is 13.6 Å². The van der Waals surface area contributed by atoms with Crippen LogP contribution in [0.25, 0.3) is 0 Å². The van der Waals surface area contributed by atoms with Crippen LogP contribution in [0, 0.1) is 0 Å². The lowest BCUT2D eigenvalue weighted by Gasteiger charge is -2.22. The lowest BCUT2D eigenvalue weighted by Crippen LogP contribution is -2.32. The van der Waals surface area contributed by atoms with Crippen molar-refractivity contribution in [2.75, 3.05) is 40.4 Å². The molecule has 1 rings (SSSR count). The van der Waals surface area contributed by atoms with Gasteiger partial charge in [0.15, 0.2) is 0 Å². The van der Waals surface area contributed by atoms with Gasteiger partial charge in [0.1, 0.15) is 0 Å². The number of hydrogen-bond acceptors (Lipinski definition) is 3. The maximum absolute atomic E-state index is 13.0. The highest BCUT2D eigenvalue weighted by atomic mass is 31.2. The Morgan fingerprint density at radius 2 is 1.32 bits per heavy atom. The molecular weight excluding hydrogens is 409 g/mol. The van der Waals surface area contributed by atoms with Gasteiger partial charge < -0.3 is 9.80 Å². The third-order valence-electron chi connectivity index (χ3n) is 6.06. The Morgan fingerprint density at radius 3 is 1.87 bits per heavy atom. The van der Waals surface area contributed by atoms with Gasteiger partial charge in [-0.05, 0) is 12.8 Å². The molecule has 0 radical (unpaired) electrons. The maximum Gasteiger partial charge on any atom is 0.456 e. The van der Waals surface area contributed by atoms with Crippen LogP contribution in [0.4, 0.5) is 0 Å². The Labute approximate surface area is 192 Å². The SMILES string of the molecule is CCCCCCCCCCCCN1CCN(C)/C1=N\P(=O)(OC)OCCCCCCC. The first-order valence-corrected chi connectivity index (χ1v) is 14.4. The molecule has 6 nitrogen and oxygen atoms in total. The van der Waals surface area contributed by atoms with E-state index in [4.69, 9.17) is 9.05 Å². The van der Waals surface area contributed by atoms with Gasteiger partial charge >= 0.3 is 7.75 Å². The fraction of sp³-hybridized carbons (Fsp3) is 0.958. The van der Waals surface area contributed by atoms with Crippen LogP contribution in [0.15, 0.2) is 4.76 Å². The summed E-state index contributed by atoms with van der Waals surface area (Å²) >= 11 is 0. The van der Waals surface area contributed by atoms with Gasteiger partial charge in [-0.3, -0.25) is 9.05 Å². The average Bonchev–Trinajstić information content (AvgIpc) is 3.11. The highest BCUT2D eigenvalue weighted by molar-refractivity contribution is 7.52. The molecule has 31 heavy (non-hydrogen) atoms. The normalized spacial score (nSPS) is 17.6. The largest absolute Gasteiger partial charge is 0.456 e. The van der Waals surface area contributed by atoms with Crippen molar-refractivity contribution in [2.45, 2.75) is 110 Å². The van der Waals surface area contributed by atoms with E-state index in [1.54, 1.807) is 0 Å². The summed E-state index contributed by atoms with van der Waals surface area (Å²) in [7, 11) is -0.00480. The summed E-state index contributed by atoms with van der Waals surface area (Å²) in [4.78, 5) is 4.30. The van der Waals surface area contributed by atoms with E-state index >= 15 is 0 Å². The summed E-state index contributed by atoms with van der Waals surface area (Å²) in [5.74, 6) is 0.757. The van der Waals surface area contributed by atoms with Gasteiger partial charge in [0, 0.05) is 33.8 Å². The summed E-state index contributed by atoms with van der Waals surface area (Å²) in [6, 6.07) is 0. The predicted octanol–water partition coefficient (Wildman–Crippen LogP) is 7.25. The molecule has 0 saturated carbocycles. The first-order chi connectivity index (χ1) is 15.1. The summed E-state index contributed by atoms with van der Waals surface area (Å²) in [6.45, 7) is 7.69. The van der Waals surface area contributed by atoms with Crippen molar-refractivity contribution in [3.63, 3.8) is 0 Å². The molecule has 0 aromatic rings. The number of hydrogen-bond donors (Lipinski definition) is 0. The molecule has 0 spiro atoms. The zero-order valence-corrected chi connectivity index (χ0v) is 21.8. The summed E-state index contributed by atoms with van der Waals surface area (Å²) in [5, 5.41) is 0. The standard InChI is InChI=1S/C24H50N3O3P/c1-5-7-9-11-12-13-14-15-16-18-20-27-22-21-26(3)24(27)25-31(28,29-4)30-23-19-17-10-8-6-2/h5-23H2,1-4H3/b25-24+. The predicted molar refractivity (Wildman–Crippen MR) is 133 cm³/mol. The molecule has 7 heteroatoms. The van der Waals surface area contributed by atoms with Crippen molar-refractivity contribution >= 4 is 13.7 Å². The lowest BCUT2D eigenvalue weighted by molar-refractivity contribution is 0.228. The third-order valence-corrected chi connectivity index (χ3v) is 7.45. The van der Waals surface area contributed by atoms with Crippen LogP contribution in [0.1, 0.15) is 110 Å². The van der Waals surface area contributed by atoms with Crippen LogP contribution < -0.4 is 0 Å². The first-order valence-electron chi connectivity index (χ1n) is 12.9. The van der Waals surface area contributed by atoms with Crippen LogP contribution in [-0.4, -0.2) is 56.2 Å². The first kappa shape index (κ1) is 28.5. The van der Waals surface area contributed by atoms with E-state index in [-0.39, 0.29) is 0 Å². The van der Waals surface area contributed by atoms with Crippen LogP contribution >= 0.6 is 7.75 Å². The molecule has 0 bridgehead atoms. The zero-order valence-electron chi connectivity index (χ0n) is 20.9. The highest BCUT2D eigenvalue weighted by Crippen LogP contribution is 2.49. The zero-order chi connectivity index (χ0) is 22.8. The smallest absolute Gasteiger partial charge is 0.344 e. The summed E-state index contributed by atoms with van der Waals surface area (Å²) in [5.41, 5.74) is 0. The molecule has 1 heterocycles. The molecule has 1 saturated heterocycles. The molecule has 0 amide bonds. The number of likely N-dealkylation sites (N-methyl/N-ethyl adjacent to an activating group) is 1. The Bertz CT molecular complexity index is 516. The van der Waals surface area contributed by atoms with E-state index in [0.717, 1.165) is 44.9 Å². The highest BCUT2D eigenvalue weighted by Gasteiger charge is 2.30. The van der Waals surface area contributed by atoms with Gasteiger partial charge in [-0.15, -0.1) is 4.76 Å². The topological polar surface area (TPSA) is 54.4 Å². The van der Waals surface area contributed by atoms with E-state index in [1.807, 2.05) is 7.05 Å². The molecule has 1 unspecified atom stereocenters. The second kappa shape index (κ2) is 17.9. The van der Waals surface area contributed by atoms with Gasteiger partial charge in [-0.1, -0.05) is 97.3 Å². The number of rotatable bonds is 20. The van der Waals surface area contributed by atoms with Gasteiger partial charge in [0.2, 0.25) is 5.96 Å². The molecule has 0 aromatic carbocycles. The Morgan fingerprint density at radius 1 is 0.806 bits per heavy atom. The summed E-state index contributed by atoms with van der Waals surface area (Å²) in [6.07, 6.45) is 19.0. The minimum atomic E-state index is -3.44. The van der Waals surface area contributed by atoms with E-state index in [9.17, 15) is 4.57 Å². The van der Waals surface area contributed by atoms with Crippen molar-refractivity contribution in [1.29, 1.82) is 0 Å². The average molecular weight is 460 g/mol. The van der Waals surface area contributed by atoms with E-state index in [1.165, 1.54) is 84.2 Å². The monoisotopic (exact) mass is 459 g/mol. The molecule has 1 aliphatic rings. The molecule has 0 aliphatic carbocycles. The number of guanidine groups is 1. The number of nitrogens with zero attached hydrogens (tertiary/aromatic N) is 3. The molecule has 1 atom stereocenters. The number of unbranched alkanes of at least 4 members (excludes halogenated alkanes) is 13. The van der Waals surface area contributed by atoms with Crippen molar-refractivity contribution in [1.82, 2.24) is 9.80 Å². The van der Waals surface area contributed by atoms with Gasteiger partial charge in [0.25, 0.3) is 0 Å². The molecular formula is C24H50N3O3P. The minimum absolute atomic E-state index is 0.438. The fourth-order valence-electron chi connectivity index (χ4n) is 3.97.